The van der Waals surface area contributed by atoms with Crippen LogP contribution < -0.4 is 0 Å². The Morgan fingerprint density at radius 1 is 1.15 bits per heavy atom. The van der Waals surface area contributed by atoms with E-state index in [1.807, 2.05) is 13.8 Å². The topological polar surface area (TPSA) is 34.1 Å². The van der Waals surface area contributed by atoms with Crippen LogP contribution in [0.2, 0.25) is 0 Å². The standard InChI is InChI=1S/C9H19BrO2S/c1-9(2)5-8-13(11,12)7-4-3-6-10/h9H,3-8H2,1-2H3. The summed E-state index contributed by atoms with van der Waals surface area (Å²) in [5.41, 5.74) is 0. The van der Waals surface area contributed by atoms with Crippen LogP contribution in [-0.4, -0.2) is 25.3 Å². The smallest absolute Gasteiger partial charge is 0.150 e. The lowest BCUT2D eigenvalue weighted by atomic mass is 10.2. The van der Waals surface area contributed by atoms with Gasteiger partial charge >= 0.3 is 0 Å². The molecule has 0 aromatic rings. The van der Waals surface area contributed by atoms with Gasteiger partial charge in [-0.1, -0.05) is 29.8 Å². The van der Waals surface area contributed by atoms with E-state index in [4.69, 9.17) is 0 Å². The van der Waals surface area contributed by atoms with E-state index in [0.717, 1.165) is 24.6 Å². The average molecular weight is 271 g/mol. The van der Waals surface area contributed by atoms with E-state index in [1.54, 1.807) is 0 Å². The van der Waals surface area contributed by atoms with Crippen LogP contribution in [0.1, 0.15) is 33.1 Å². The van der Waals surface area contributed by atoms with Gasteiger partial charge in [-0.25, -0.2) is 8.42 Å². The first-order valence-electron chi connectivity index (χ1n) is 4.74. The molecule has 0 aromatic heterocycles. The van der Waals surface area contributed by atoms with E-state index in [2.05, 4.69) is 15.9 Å². The maximum Gasteiger partial charge on any atom is 0.150 e. The van der Waals surface area contributed by atoms with Crippen LogP contribution in [0.25, 0.3) is 0 Å². The van der Waals surface area contributed by atoms with Crippen LogP contribution >= 0.6 is 15.9 Å². The lowest BCUT2D eigenvalue weighted by Gasteiger charge is -2.05. The fourth-order valence-electron chi connectivity index (χ4n) is 0.934. The number of unbranched alkanes of at least 4 members (excludes halogenated alkanes) is 1. The maximum absolute atomic E-state index is 11.4. The Hall–Kier alpha value is 0.430. The molecule has 0 atom stereocenters. The highest BCUT2D eigenvalue weighted by Gasteiger charge is 2.10. The molecule has 0 heterocycles. The Labute approximate surface area is 90.2 Å². The third-order valence-electron chi connectivity index (χ3n) is 1.85. The first-order chi connectivity index (χ1) is 5.98. The monoisotopic (exact) mass is 270 g/mol. The molecule has 0 bridgehead atoms. The molecule has 0 aliphatic rings. The van der Waals surface area contributed by atoms with Gasteiger partial charge in [-0.05, 0) is 25.2 Å². The number of alkyl halides is 1. The quantitative estimate of drug-likeness (QED) is 0.527. The van der Waals surface area contributed by atoms with Crippen LogP contribution in [0.4, 0.5) is 0 Å². The average Bonchev–Trinajstić information content (AvgIpc) is 2.02. The lowest BCUT2D eigenvalue weighted by molar-refractivity contribution is 0.571. The number of sulfone groups is 1. The van der Waals surface area contributed by atoms with Crippen LogP contribution in [0.5, 0.6) is 0 Å². The Kier molecular flexibility index (Phi) is 7.05. The van der Waals surface area contributed by atoms with Crippen LogP contribution in [0.3, 0.4) is 0 Å². The Morgan fingerprint density at radius 3 is 2.23 bits per heavy atom. The molecule has 0 radical (unpaired) electrons. The summed E-state index contributed by atoms with van der Waals surface area (Å²) in [7, 11) is -2.77. The fourth-order valence-corrected chi connectivity index (χ4v) is 3.01. The van der Waals surface area contributed by atoms with Crippen molar-refractivity contribution in [3.05, 3.63) is 0 Å². The van der Waals surface area contributed by atoms with E-state index < -0.39 is 9.84 Å². The summed E-state index contributed by atoms with van der Waals surface area (Å²) in [4.78, 5) is 0. The summed E-state index contributed by atoms with van der Waals surface area (Å²) in [6, 6.07) is 0. The highest BCUT2D eigenvalue weighted by atomic mass is 79.9. The van der Waals surface area contributed by atoms with Gasteiger partial charge in [0.1, 0.15) is 9.84 Å². The molecule has 0 saturated carbocycles. The van der Waals surface area contributed by atoms with E-state index in [1.165, 1.54) is 0 Å². The van der Waals surface area contributed by atoms with Gasteiger partial charge in [-0.15, -0.1) is 0 Å². The van der Waals surface area contributed by atoms with Crippen molar-refractivity contribution in [3.8, 4) is 0 Å². The highest BCUT2D eigenvalue weighted by Crippen LogP contribution is 2.06. The minimum absolute atomic E-state index is 0.352. The molecule has 80 valence electrons. The number of hydrogen-bond donors (Lipinski definition) is 0. The van der Waals surface area contributed by atoms with Gasteiger partial charge in [0, 0.05) is 5.33 Å². The van der Waals surface area contributed by atoms with Crippen molar-refractivity contribution in [3.63, 3.8) is 0 Å². The Bertz CT molecular complexity index is 210. The third kappa shape index (κ3) is 8.75. The number of rotatable bonds is 7. The summed E-state index contributed by atoms with van der Waals surface area (Å²) in [5.74, 6) is 1.18. The van der Waals surface area contributed by atoms with Crippen molar-refractivity contribution in [2.45, 2.75) is 33.1 Å². The zero-order chi connectivity index (χ0) is 10.3. The van der Waals surface area contributed by atoms with Gasteiger partial charge in [-0.3, -0.25) is 0 Å². The summed E-state index contributed by atoms with van der Waals surface area (Å²) in [5, 5.41) is 0.896. The SMILES string of the molecule is CC(C)CCS(=O)(=O)CCCCBr. The van der Waals surface area contributed by atoms with Crippen molar-refractivity contribution in [2.75, 3.05) is 16.8 Å². The Balaban J connectivity index is 3.68. The molecule has 0 unspecified atom stereocenters. The second kappa shape index (κ2) is 6.82. The number of hydrogen-bond acceptors (Lipinski definition) is 2. The first kappa shape index (κ1) is 13.4. The highest BCUT2D eigenvalue weighted by molar-refractivity contribution is 9.09. The normalized spacial score (nSPS) is 12.3. The summed E-state index contributed by atoms with van der Waals surface area (Å²) >= 11 is 3.28. The molecule has 0 amide bonds. The van der Waals surface area contributed by atoms with E-state index in [9.17, 15) is 8.42 Å². The third-order valence-corrected chi connectivity index (χ3v) is 4.17. The van der Waals surface area contributed by atoms with Crippen molar-refractivity contribution in [1.82, 2.24) is 0 Å². The van der Waals surface area contributed by atoms with Crippen LogP contribution in [0, 0.1) is 5.92 Å². The van der Waals surface area contributed by atoms with E-state index in [0.29, 0.717) is 17.4 Å². The van der Waals surface area contributed by atoms with Crippen molar-refractivity contribution >= 4 is 25.8 Å². The molecule has 0 spiro atoms. The largest absolute Gasteiger partial charge is 0.229 e. The van der Waals surface area contributed by atoms with Crippen molar-refractivity contribution in [2.24, 2.45) is 5.92 Å². The maximum atomic E-state index is 11.4. The van der Waals surface area contributed by atoms with Gasteiger partial charge in [-0.2, -0.15) is 0 Å². The predicted molar refractivity (Wildman–Crippen MR) is 61.1 cm³/mol. The molecule has 0 N–H and O–H groups in total. The van der Waals surface area contributed by atoms with Crippen LogP contribution in [-0.2, 0) is 9.84 Å². The molecule has 0 rings (SSSR count). The summed E-state index contributed by atoms with van der Waals surface area (Å²) in [6.45, 7) is 4.10. The van der Waals surface area contributed by atoms with E-state index >= 15 is 0 Å². The molecule has 0 aliphatic carbocycles. The second-order valence-corrected chi connectivity index (χ2v) is 6.83. The van der Waals surface area contributed by atoms with Gasteiger partial charge in [0.15, 0.2) is 0 Å². The minimum atomic E-state index is -2.77. The zero-order valence-corrected chi connectivity index (χ0v) is 10.8. The van der Waals surface area contributed by atoms with Crippen molar-refractivity contribution in [1.29, 1.82) is 0 Å². The van der Waals surface area contributed by atoms with Gasteiger partial charge in [0.05, 0.1) is 11.5 Å². The Morgan fingerprint density at radius 2 is 1.77 bits per heavy atom. The molecular formula is C9H19BrO2S. The first-order valence-corrected chi connectivity index (χ1v) is 7.68. The molecule has 0 aromatic carbocycles. The minimum Gasteiger partial charge on any atom is -0.229 e. The molecule has 13 heavy (non-hydrogen) atoms. The van der Waals surface area contributed by atoms with Gasteiger partial charge in [0.2, 0.25) is 0 Å². The molecule has 0 saturated heterocycles. The molecular weight excluding hydrogens is 252 g/mol. The summed E-state index contributed by atoms with van der Waals surface area (Å²) < 4.78 is 22.8. The molecule has 0 fully saturated rings. The molecule has 4 heteroatoms. The molecule has 2 nitrogen and oxygen atoms in total. The molecule has 0 aliphatic heterocycles. The predicted octanol–water partition coefficient (Wildman–Crippen LogP) is 2.62. The zero-order valence-electron chi connectivity index (χ0n) is 8.42. The van der Waals surface area contributed by atoms with Crippen molar-refractivity contribution < 1.29 is 8.42 Å². The van der Waals surface area contributed by atoms with E-state index in [-0.39, 0.29) is 0 Å². The van der Waals surface area contributed by atoms with Gasteiger partial charge < -0.3 is 0 Å². The second-order valence-electron chi connectivity index (χ2n) is 3.73. The van der Waals surface area contributed by atoms with Gasteiger partial charge in [0.25, 0.3) is 0 Å². The fraction of sp³-hybridized carbons (Fsp3) is 1.00. The van der Waals surface area contributed by atoms with Crippen LogP contribution in [0.15, 0.2) is 0 Å². The lowest BCUT2D eigenvalue weighted by Crippen LogP contribution is -2.12. The number of halogens is 1. The summed E-state index contributed by atoms with van der Waals surface area (Å²) in [6.07, 6.45) is 2.52.